The Hall–Kier alpha value is -1.39. The number of hydrogen-bond acceptors (Lipinski definition) is 3. The minimum Gasteiger partial charge on any atom is -0.481 e. The topological polar surface area (TPSA) is 74.7 Å². The minimum absolute atomic E-state index is 0.181. The zero-order valence-electron chi connectivity index (χ0n) is 11.9. The van der Waals surface area contributed by atoms with Crippen molar-refractivity contribution in [2.75, 3.05) is 13.1 Å². The van der Waals surface area contributed by atoms with Crippen LogP contribution >= 0.6 is 11.6 Å². The van der Waals surface area contributed by atoms with Crippen LogP contribution in [0, 0.1) is 17.7 Å². The van der Waals surface area contributed by atoms with Gasteiger partial charge in [0.2, 0.25) is 10.0 Å². The smallest absolute Gasteiger partial charge is 0.393 e. The van der Waals surface area contributed by atoms with E-state index in [1.54, 1.807) is 0 Å². The summed E-state index contributed by atoms with van der Waals surface area (Å²) in [5, 5.41) is 8.73. The van der Waals surface area contributed by atoms with Crippen LogP contribution in [0.25, 0.3) is 0 Å². The number of carboxylic acid groups (broad SMARTS) is 1. The highest BCUT2D eigenvalue weighted by molar-refractivity contribution is 7.88. The van der Waals surface area contributed by atoms with Crippen molar-refractivity contribution < 1.29 is 35.9 Å². The molecule has 0 aromatic heterocycles. The van der Waals surface area contributed by atoms with Crippen molar-refractivity contribution in [2.45, 2.75) is 11.9 Å². The van der Waals surface area contributed by atoms with Crippen LogP contribution in [0.15, 0.2) is 18.2 Å². The standard InChI is InChI=1S/C13H12ClF4NO4S/c14-10-2-1-3-11(15)8(10)6-24(22,23)19-4-7(12(20)21)9(5-19)13(16,17)18/h1-3,7,9H,4-6H2,(H,20,21)/t7-,9-/m1/s1. The van der Waals surface area contributed by atoms with Crippen molar-refractivity contribution in [3.8, 4) is 0 Å². The van der Waals surface area contributed by atoms with Gasteiger partial charge in [0.15, 0.2) is 0 Å². The molecule has 11 heteroatoms. The van der Waals surface area contributed by atoms with Gasteiger partial charge in [-0.3, -0.25) is 4.79 Å². The molecule has 2 rings (SSSR count). The van der Waals surface area contributed by atoms with E-state index in [0.717, 1.165) is 6.07 Å². The lowest BCUT2D eigenvalue weighted by Crippen LogP contribution is -2.34. The average molecular weight is 390 g/mol. The Morgan fingerprint density at radius 2 is 1.96 bits per heavy atom. The normalized spacial score (nSPS) is 22.7. The maximum Gasteiger partial charge on any atom is 0.393 e. The summed E-state index contributed by atoms with van der Waals surface area (Å²) in [5.74, 6) is -7.82. The van der Waals surface area contributed by atoms with Crippen molar-refractivity contribution in [1.82, 2.24) is 4.31 Å². The van der Waals surface area contributed by atoms with Crippen LogP contribution in [0.2, 0.25) is 5.02 Å². The van der Waals surface area contributed by atoms with Gasteiger partial charge in [0.25, 0.3) is 0 Å². The van der Waals surface area contributed by atoms with Gasteiger partial charge in [-0.05, 0) is 12.1 Å². The van der Waals surface area contributed by atoms with Crippen molar-refractivity contribution >= 4 is 27.6 Å². The van der Waals surface area contributed by atoms with Crippen LogP contribution < -0.4 is 0 Å². The third-order valence-electron chi connectivity index (χ3n) is 3.81. The lowest BCUT2D eigenvalue weighted by Gasteiger charge is -2.18. The van der Waals surface area contributed by atoms with E-state index in [9.17, 15) is 30.8 Å². The van der Waals surface area contributed by atoms with E-state index in [1.165, 1.54) is 12.1 Å². The molecule has 1 aromatic carbocycles. The number of rotatable bonds is 4. The van der Waals surface area contributed by atoms with Crippen molar-refractivity contribution in [3.63, 3.8) is 0 Å². The predicted octanol–water partition coefficient (Wildman–Crippen LogP) is 2.50. The molecule has 0 amide bonds. The Morgan fingerprint density at radius 1 is 1.33 bits per heavy atom. The minimum atomic E-state index is -4.86. The summed E-state index contributed by atoms with van der Waals surface area (Å²) in [6.07, 6.45) is -4.86. The summed E-state index contributed by atoms with van der Waals surface area (Å²) in [7, 11) is -4.37. The van der Waals surface area contributed by atoms with Crippen LogP contribution in [-0.4, -0.2) is 43.1 Å². The van der Waals surface area contributed by atoms with Gasteiger partial charge < -0.3 is 5.11 Å². The molecule has 0 aliphatic carbocycles. The second-order valence-corrected chi connectivity index (χ2v) is 7.74. The quantitative estimate of drug-likeness (QED) is 0.803. The van der Waals surface area contributed by atoms with Gasteiger partial charge in [-0.25, -0.2) is 17.1 Å². The number of halogens is 5. The molecule has 0 unspecified atom stereocenters. The first-order chi connectivity index (χ1) is 10.9. The number of benzene rings is 1. The number of nitrogens with zero attached hydrogens (tertiary/aromatic N) is 1. The Bertz CT molecular complexity index is 733. The summed E-state index contributed by atoms with van der Waals surface area (Å²) in [6.45, 7) is -1.84. The number of aliphatic carboxylic acids is 1. The van der Waals surface area contributed by atoms with Crippen molar-refractivity contribution in [2.24, 2.45) is 11.8 Å². The van der Waals surface area contributed by atoms with Gasteiger partial charge in [-0.1, -0.05) is 17.7 Å². The number of carbonyl (C=O) groups is 1. The number of sulfonamides is 1. The molecule has 2 atom stereocenters. The number of carboxylic acids is 1. The molecule has 1 aliphatic heterocycles. The van der Waals surface area contributed by atoms with Gasteiger partial charge in [-0.2, -0.15) is 13.2 Å². The molecule has 1 N–H and O–H groups in total. The fourth-order valence-corrected chi connectivity index (χ4v) is 4.45. The van der Waals surface area contributed by atoms with E-state index in [2.05, 4.69) is 0 Å². The third kappa shape index (κ3) is 3.81. The Morgan fingerprint density at radius 3 is 2.42 bits per heavy atom. The molecule has 1 heterocycles. The second-order valence-electron chi connectivity index (χ2n) is 5.37. The van der Waals surface area contributed by atoms with E-state index in [4.69, 9.17) is 16.7 Å². The zero-order valence-corrected chi connectivity index (χ0v) is 13.5. The molecule has 0 bridgehead atoms. The first-order valence-corrected chi connectivity index (χ1v) is 8.62. The van der Waals surface area contributed by atoms with Crippen molar-refractivity contribution in [3.05, 3.63) is 34.6 Å². The summed E-state index contributed by atoms with van der Waals surface area (Å²) >= 11 is 5.73. The van der Waals surface area contributed by atoms with E-state index in [0.29, 0.717) is 4.31 Å². The summed E-state index contributed by atoms with van der Waals surface area (Å²) in [6, 6.07) is 3.47. The second kappa shape index (κ2) is 6.49. The molecule has 24 heavy (non-hydrogen) atoms. The molecule has 1 fully saturated rings. The highest BCUT2D eigenvalue weighted by atomic mass is 35.5. The predicted molar refractivity (Wildman–Crippen MR) is 76.3 cm³/mol. The van der Waals surface area contributed by atoms with Gasteiger partial charge in [0.1, 0.15) is 5.82 Å². The van der Waals surface area contributed by atoms with Gasteiger partial charge in [0, 0.05) is 23.7 Å². The van der Waals surface area contributed by atoms with Crippen molar-refractivity contribution in [1.29, 1.82) is 0 Å². The molecule has 0 radical (unpaired) electrons. The van der Waals surface area contributed by atoms with Gasteiger partial charge in [0.05, 0.1) is 17.6 Å². The van der Waals surface area contributed by atoms with Crippen LogP contribution in [-0.2, 0) is 20.6 Å². The zero-order chi connectivity index (χ0) is 18.3. The molecular weight excluding hydrogens is 378 g/mol. The summed E-state index contributed by atoms with van der Waals surface area (Å²) < 4.78 is 77.5. The Balaban J connectivity index is 2.29. The molecular formula is C13H12ClF4NO4S. The fraction of sp³-hybridized carbons (Fsp3) is 0.462. The highest BCUT2D eigenvalue weighted by Crippen LogP contribution is 2.39. The van der Waals surface area contributed by atoms with Crippen LogP contribution in [0.5, 0.6) is 0 Å². The average Bonchev–Trinajstić information content (AvgIpc) is 2.89. The maximum absolute atomic E-state index is 13.7. The SMILES string of the molecule is O=C(O)[C@@H]1CN(S(=O)(=O)Cc2c(F)cccc2Cl)C[C@H]1C(F)(F)F. The van der Waals surface area contributed by atoms with E-state index in [1.807, 2.05) is 0 Å². The van der Waals surface area contributed by atoms with E-state index < -0.39 is 58.7 Å². The first kappa shape index (κ1) is 18.9. The molecule has 0 saturated carbocycles. The molecule has 5 nitrogen and oxygen atoms in total. The summed E-state index contributed by atoms with van der Waals surface area (Å²) in [4.78, 5) is 11.0. The third-order valence-corrected chi connectivity index (χ3v) is 5.90. The molecule has 1 aliphatic rings. The number of alkyl halides is 3. The van der Waals surface area contributed by atoms with E-state index >= 15 is 0 Å². The van der Waals surface area contributed by atoms with Gasteiger partial charge >= 0.3 is 12.1 Å². The molecule has 1 saturated heterocycles. The largest absolute Gasteiger partial charge is 0.481 e. The van der Waals surface area contributed by atoms with Crippen LogP contribution in [0.4, 0.5) is 17.6 Å². The fourth-order valence-electron chi connectivity index (χ4n) is 2.52. The lowest BCUT2D eigenvalue weighted by atomic mass is 9.96. The maximum atomic E-state index is 13.7. The summed E-state index contributed by atoms with van der Waals surface area (Å²) in [5.41, 5.74) is -0.374. The van der Waals surface area contributed by atoms with Crippen LogP contribution in [0.3, 0.4) is 0 Å². The van der Waals surface area contributed by atoms with Crippen LogP contribution in [0.1, 0.15) is 5.56 Å². The van der Waals surface area contributed by atoms with Gasteiger partial charge in [-0.15, -0.1) is 0 Å². The molecule has 0 spiro atoms. The van der Waals surface area contributed by atoms with E-state index in [-0.39, 0.29) is 10.6 Å². The Kier molecular flexibility index (Phi) is 5.12. The molecule has 134 valence electrons. The molecule has 1 aromatic rings. The number of hydrogen-bond donors (Lipinski definition) is 1. The highest BCUT2D eigenvalue weighted by Gasteiger charge is 2.54. The monoisotopic (exact) mass is 389 g/mol. The first-order valence-electron chi connectivity index (χ1n) is 6.63. The Labute approximate surface area is 139 Å². The lowest BCUT2D eigenvalue weighted by molar-refractivity contribution is -0.187.